The van der Waals surface area contributed by atoms with Crippen LogP contribution < -0.4 is 4.74 Å². The lowest BCUT2D eigenvalue weighted by molar-refractivity contribution is -0.144. The molecule has 0 radical (unpaired) electrons. The van der Waals surface area contributed by atoms with E-state index in [2.05, 4.69) is 16.9 Å². The second-order valence-corrected chi connectivity index (χ2v) is 6.48. The Morgan fingerprint density at radius 1 is 1.33 bits per heavy atom. The fourth-order valence-electron chi connectivity index (χ4n) is 3.47. The van der Waals surface area contributed by atoms with Crippen molar-refractivity contribution < 1.29 is 14.6 Å². The zero-order valence-corrected chi connectivity index (χ0v) is 14.1. The van der Waals surface area contributed by atoms with Gasteiger partial charge in [-0.25, -0.2) is 4.68 Å². The Morgan fingerprint density at radius 2 is 2.12 bits per heavy atom. The first-order chi connectivity index (χ1) is 11.6. The van der Waals surface area contributed by atoms with Crippen LogP contribution in [0.5, 0.6) is 5.75 Å². The van der Waals surface area contributed by atoms with Gasteiger partial charge in [0.15, 0.2) is 0 Å². The third-order valence-electron chi connectivity index (χ3n) is 4.50. The summed E-state index contributed by atoms with van der Waals surface area (Å²) in [6.07, 6.45) is 2.52. The number of piperidine rings is 1. The number of aromatic nitrogens is 2. The van der Waals surface area contributed by atoms with Gasteiger partial charge in [0.1, 0.15) is 11.4 Å². The van der Waals surface area contributed by atoms with E-state index in [1.54, 1.807) is 13.3 Å². The lowest BCUT2D eigenvalue weighted by Gasteiger charge is -2.34. The van der Waals surface area contributed by atoms with Gasteiger partial charge in [0.2, 0.25) is 0 Å². The van der Waals surface area contributed by atoms with E-state index in [0.29, 0.717) is 19.0 Å². The molecule has 1 aromatic heterocycles. The molecule has 2 atom stereocenters. The van der Waals surface area contributed by atoms with Gasteiger partial charge in [0.25, 0.3) is 0 Å². The molecule has 1 fully saturated rings. The van der Waals surface area contributed by atoms with Gasteiger partial charge in [-0.15, -0.1) is 0 Å². The maximum Gasteiger partial charge on any atom is 0.307 e. The van der Waals surface area contributed by atoms with Gasteiger partial charge in [0.05, 0.1) is 18.7 Å². The average molecular weight is 329 g/mol. The number of carboxylic acids is 1. The van der Waals surface area contributed by atoms with Gasteiger partial charge in [-0.1, -0.05) is 19.1 Å². The molecule has 2 heterocycles. The summed E-state index contributed by atoms with van der Waals surface area (Å²) < 4.78 is 7.30. The Bertz CT molecular complexity index is 713. The molecule has 0 spiro atoms. The number of ether oxygens (including phenoxy) is 1. The number of benzene rings is 1. The molecule has 2 unspecified atom stereocenters. The number of likely N-dealkylation sites (tertiary alicyclic amines) is 1. The first-order valence-electron chi connectivity index (χ1n) is 8.20. The van der Waals surface area contributed by atoms with Crippen LogP contribution in [0.2, 0.25) is 0 Å². The van der Waals surface area contributed by atoms with E-state index in [4.69, 9.17) is 4.74 Å². The van der Waals surface area contributed by atoms with E-state index in [9.17, 15) is 9.90 Å². The number of nitrogens with zero attached hydrogens (tertiary/aromatic N) is 3. The molecule has 6 nitrogen and oxygen atoms in total. The smallest absolute Gasteiger partial charge is 0.307 e. The summed E-state index contributed by atoms with van der Waals surface area (Å²) >= 11 is 0. The van der Waals surface area contributed by atoms with Crippen molar-refractivity contribution in [1.29, 1.82) is 0 Å². The Labute approximate surface area is 141 Å². The quantitative estimate of drug-likeness (QED) is 0.912. The summed E-state index contributed by atoms with van der Waals surface area (Å²) in [7, 11) is 1.64. The first-order valence-corrected chi connectivity index (χ1v) is 8.20. The first kappa shape index (κ1) is 16.5. The molecule has 3 rings (SSSR count). The molecule has 6 heteroatoms. The number of carboxylic acid groups (broad SMARTS) is 1. The van der Waals surface area contributed by atoms with Crippen LogP contribution in [0.15, 0.2) is 36.5 Å². The van der Waals surface area contributed by atoms with Gasteiger partial charge in [0, 0.05) is 25.8 Å². The van der Waals surface area contributed by atoms with Crippen molar-refractivity contribution in [2.75, 3.05) is 20.2 Å². The summed E-state index contributed by atoms with van der Waals surface area (Å²) in [5.74, 6) is 0.140. The summed E-state index contributed by atoms with van der Waals surface area (Å²) in [6, 6.07) is 9.72. The summed E-state index contributed by atoms with van der Waals surface area (Å²) in [5, 5.41) is 13.8. The molecule has 1 aliphatic rings. The third kappa shape index (κ3) is 3.43. The second kappa shape index (κ2) is 7.05. The molecule has 2 aromatic rings. The molecule has 24 heavy (non-hydrogen) atoms. The van der Waals surface area contributed by atoms with E-state index in [0.717, 1.165) is 30.1 Å². The number of rotatable bonds is 5. The van der Waals surface area contributed by atoms with Crippen LogP contribution in [0.25, 0.3) is 5.69 Å². The lowest BCUT2D eigenvalue weighted by atomic mass is 9.90. The number of hydrogen-bond acceptors (Lipinski definition) is 4. The van der Waals surface area contributed by atoms with Crippen LogP contribution in [-0.2, 0) is 11.3 Å². The number of hydrogen-bond donors (Lipinski definition) is 1. The number of carbonyl (C=O) groups is 1. The van der Waals surface area contributed by atoms with E-state index in [-0.39, 0.29) is 5.92 Å². The molecule has 0 saturated carbocycles. The second-order valence-electron chi connectivity index (χ2n) is 6.48. The van der Waals surface area contributed by atoms with Gasteiger partial charge in [-0.3, -0.25) is 9.69 Å². The zero-order chi connectivity index (χ0) is 17.1. The van der Waals surface area contributed by atoms with E-state index in [1.807, 2.05) is 35.0 Å². The highest BCUT2D eigenvalue weighted by atomic mass is 16.5. The van der Waals surface area contributed by atoms with E-state index >= 15 is 0 Å². The standard InChI is InChI=1S/C18H23N3O3/c1-13-9-14(18(22)23)11-20(10-13)12-15-7-8-19-21(15)16-5-3-4-6-17(16)24-2/h3-8,13-14H,9-12H2,1-2H3,(H,22,23). The van der Waals surface area contributed by atoms with Crippen molar-refractivity contribution in [3.8, 4) is 11.4 Å². The Hall–Kier alpha value is -2.34. The highest BCUT2D eigenvalue weighted by molar-refractivity contribution is 5.70. The van der Waals surface area contributed by atoms with Crippen molar-refractivity contribution in [2.24, 2.45) is 11.8 Å². The number of aliphatic carboxylic acids is 1. The van der Waals surface area contributed by atoms with E-state index in [1.165, 1.54) is 0 Å². The number of methoxy groups -OCH3 is 1. The Morgan fingerprint density at radius 3 is 2.88 bits per heavy atom. The monoisotopic (exact) mass is 329 g/mol. The SMILES string of the molecule is COc1ccccc1-n1nccc1CN1CC(C)CC(C(=O)O)C1. The summed E-state index contributed by atoms with van der Waals surface area (Å²) in [6.45, 7) is 4.27. The molecule has 0 amide bonds. The Kier molecular flexibility index (Phi) is 4.85. The molecule has 1 N–H and O–H groups in total. The minimum atomic E-state index is -0.704. The van der Waals surface area contributed by atoms with E-state index < -0.39 is 5.97 Å². The average Bonchev–Trinajstić information content (AvgIpc) is 3.02. The Balaban J connectivity index is 1.82. The topological polar surface area (TPSA) is 67.6 Å². The summed E-state index contributed by atoms with van der Waals surface area (Å²) in [4.78, 5) is 13.6. The molecule has 0 bridgehead atoms. The van der Waals surface area contributed by atoms with Gasteiger partial charge in [-0.2, -0.15) is 5.10 Å². The van der Waals surface area contributed by atoms with Crippen molar-refractivity contribution in [3.63, 3.8) is 0 Å². The maximum atomic E-state index is 11.4. The maximum absolute atomic E-state index is 11.4. The third-order valence-corrected chi connectivity index (χ3v) is 4.50. The van der Waals surface area contributed by atoms with Crippen LogP contribution in [0, 0.1) is 11.8 Å². The normalized spacial score (nSPS) is 21.6. The van der Waals surface area contributed by atoms with Gasteiger partial charge >= 0.3 is 5.97 Å². The van der Waals surface area contributed by atoms with Crippen LogP contribution in [-0.4, -0.2) is 46.0 Å². The molecule has 0 aliphatic carbocycles. The molecule has 1 saturated heterocycles. The van der Waals surface area contributed by atoms with Crippen molar-refractivity contribution in [3.05, 3.63) is 42.2 Å². The van der Waals surface area contributed by atoms with Gasteiger partial charge in [-0.05, 0) is 30.5 Å². The van der Waals surface area contributed by atoms with Crippen LogP contribution in [0.1, 0.15) is 19.0 Å². The predicted octanol–water partition coefficient (Wildman–Crippen LogP) is 2.42. The van der Waals surface area contributed by atoms with Gasteiger partial charge < -0.3 is 9.84 Å². The fraction of sp³-hybridized carbons (Fsp3) is 0.444. The molecular formula is C18H23N3O3. The van der Waals surface area contributed by atoms with Crippen LogP contribution in [0.3, 0.4) is 0 Å². The highest BCUT2D eigenvalue weighted by Gasteiger charge is 2.29. The molecule has 128 valence electrons. The lowest BCUT2D eigenvalue weighted by Crippen LogP contribution is -2.42. The van der Waals surface area contributed by atoms with Crippen molar-refractivity contribution >= 4 is 5.97 Å². The fourth-order valence-corrected chi connectivity index (χ4v) is 3.47. The predicted molar refractivity (Wildman–Crippen MR) is 90.3 cm³/mol. The highest BCUT2D eigenvalue weighted by Crippen LogP contribution is 2.26. The van der Waals surface area contributed by atoms with Crippen LogP contribution >= 0.6 is 0 Å². The molecule has 1 aromatic carbocycles. The van der Waals surface area contributed by atoms with Crippen molar-refractivity contribution in [2.45, 2.75) is 19.9 Å². The van der Waals surface area contributed by atoms with Crippen molar-refractivity contribution in [1.82, 2.24) is 14.7 Å². The van der Waals surface area contributed by atoms with Crippen LogP contribution in [0.4, 0.5) is 0 Å². The zero-order valence-electron chi connectivity index (χ0n) is 14.1. The number of para-hydroxylation sites is 2. The minimum Gasteiger partial charge on any atom is -0.494 e. The summed E-state index contributed by atoms with van der Waals surface area (Å²) in [5.41, 5.74) is 1.91. The largest absolute Gasteiger partial charge is 0.494 e. The molecular weight excluding hydrogens is 306 g/mol. The minimum absolute atomic E-state index is 0.295. The molecule has 1 aliphatic heterocycles.